The van der Waals surface area contributed by atoms with Crippen molar-refractivity contribution in [3.63, 3.8) is 0 Å². The number of hydrogen-bond acceptors (Lipinski definition) is 4. The highest BCUT2D eigenvalue weighted by Gasteiger charge is 2.06. The quantitative estimate of drug-likeness (QED) is 0.882. The number of nitrogens with zero attached hydrogens (tertiary/aromatic N) is 2. The summed E-state index contributed by atoms with van der Waals surface area (Å²) in [5.74, 6) is 0.710. The average molecular weight is 247 g/mol. The average Bonchev–Trinajstić information content (AvgIpc) is 2.67. The maximum Gasteiger partial charge on any atom is 0.192 e. The van der Waals surface area contributed by atoms with Crippen molar-refractivity contribution in [3.05, 3.63) is 24.1 Å². The number of anilines is 1. The van der Waals surface area contributed by atoms with Crippen LogP contribution in [0.25, 0.3) is 11.1 Å². The molecule has 0 saturated carbocycles. The molecule has 0 aliphatic carbocycles. The summed E-state index contributed by atoms with van der Waals surface area (Å²) >= 11 is 0. The van der Waals surface area contributed by atoms with Crippen LogP contribution in [0.5, 0.6) is 0 Å². The zero-order valence-corrected chi connectivity index (χ0v) is 11.3. The molecule has 2 aromatic rings. The van der Waals surface area contributed by atoms with Gasteiger partial charge in [-0.2, -0.15) is 0 Å². The monoisotopic (exact) mass is 247 g/mol. The van der Waals surface area contributed by atoms with Gasteiger partial charge in [0.05, 0.1) is 0 Å². The number of nitrogens with two attached hydrogens (primary N) is 1. The van der Waals surface area contributed by atoms with Crippen LogP contribution in [0.2, 0.25) is 0 Å². The maximum atomic E-state index is 5.75. The van der Waals surface area contributed by atoms with Crippen molar-refractivity contribution >= 4 is 16.8 Å². The minimum Gasteiger partial charge on any atom is -0.441 e. The van der Waals surface area contributed by atoms with Gasteiger partial charge in [0.1, 0.15) is 5.52 Å². The molecule has 1 atom stereocenters. The Labute approximate surface area is 108 Å². The van der Waals surface area contributed by atoms with Gasteiger partial charge in [-0.25, -0.2) is 4.98 Å². The van der Waals surface area contributed by atoms with Crippen LogP contribution in [0.3, 0.4) is 0 Å². The van der Waals surface area contributed by atoms with Gasteiger partial charge in [-0.05, 0) is 31.9 Å². The largest absolute Gasteiger partial charge is 0.441 e. The smallest absolute Gasteiger partial charge is 0.192 e. The summed E-state index contributed by atoms with van der Waals surface area (Å²) in [4.78, 5) is 6.52. The first kappa shape index (κ1) is 12.9. The van der Waals surface area contributed by atoms with Crippen LogP contribution >= 0.6 is 0 Å². The van der Waals surface area contributed by atoms with Crippen LogP contribution in [-0.4, -0.2) is 24.6 Å². The molecule has 98 valence electrons. The molecule has 4 nitrogen and oxygen atoms in total. The highest BCUT2D eigenvalue weighted by Crippen LogP contribution is 2.22. The Bertz CT molecular complexity index is 519. The number of aromatic nitrogens is 1. The number of rotatable bonds is 5. The third kappa shape index (κ3) is 3.01. The highest BCUT2D eigenvalue weighted by atomic mass is 16.3. The number of aryl methyl sites for hydroxylation is 1. The summed E-state index contributed by atoms with van der Waals surface area (Å²) in [7, 11) is 2.09. The van der Waals surface area contributed by atoms with Gasteiger partial charge < -0.3 is 15.1 Å². The molecule has 1 aromatic carbocycles. The molecular formula is C14H21N3O. The third-order valence-corrected chi connectivity index (χ3v) is 3.07. The zero-order chi connectivity index (χ0) is 13.1. The fourth-order valence-electron chi connectivity index (χ4n) is 2.05. The Morgan fingerprint density at radius 1 is 1.44 bits per heavy atom. The van der Waals surface area contributed by atoms with E-state index in [0.29, 0.717) is 5.89 Å². The first-order chi connectivity index (χ1) is 8.56. The second-order valence-corrected chi connectivity index (χ2v) is 4.93. The van der Waals surface area contributed by atoms with E-state index < -0.39 is 0 Å². The minimum absolute atomic E-state index is 0.276. The molecule has 18 heavy (non-hydrogen) atoms. The van der Waals surface area contributed by atoms with E-state index in [9.17, 15) is 0 Å². The van der Waals surface area contributed by atoms with Crippen LogP contribution < -0.4 is 10.6 Å². The lowest BCUT2D eigenvalue weighted by molar-refractivity contribution is 0.561. The normalized spacial score (nSPS) is 12.9. The van der Waals surface area contributed by atoms with Gasteiger partial charge in [0.15, 0.2) is 11.5 Å². The van der Waals surface area contributed by atoms with Crippen LogP contribution in [-0.2, 0) is 0 Å². The summed E-state index contributed by atoms with van der Waals surface area (Å²) < 4.78 is 5.54. The van der Waals surface area contributed by atoms with E-state index in [1.165, 1.54) is 0 Å². The molecular weight excluding hydrogens is 226 g/mol. The molecule has 0 spiro atoms. The number of fused-ring (bicyclic) bond motifs is 1. The fraction of sp³-hybridized carbons (Fsp3) is 0.500. The van der Waals surface area contributed by atoms with Crippen molar-refractivity contribution in [2.45, 2.75) is 32.7 Å². The van der Waals surface area contributed by atoms with E-state index in [1.807, 2.05) is 26.0 Å². The minimum atomic E-state index is 0.276. The molecule has 0 bridgehead atoms. The van der Waals surface area contributed by atoms with E-state index in [-0.39, 0.29) is 6.04 Å². The molecule has 0 aliphatic rings. The van der Waals surface area contributed by atoms with Crippen LogP contribution in [0.4, 0.5) is 5.69 Å². The molecule has 0 fully saturated rings. The van der Waals surface area contributed by atoms with E-state index in [2.05, 4.69) is 23.0 Å². The predicted molar refractivity (Wildman–Crippen MR) is 74.9 cm³/mol. The van der Waals surface area contributed by atoms with Crippen molar-refractivity contribution < 1.29 is 4.42 Å². The molecule has 0 amide bonds. The van der Waals surface area contributed by atoms with Gasteiger partial charge in [-0.3, -0.25) is 0 Å². The lowest BCUT2D eigenvalue weighted by Gasteiger charge is -2.19. The van der Waals surface area contributed by atoms with E-state index in [4.69, 9.17) is 10.2 Å². The number of benzene rings is 1. The molecule has 0 radical (unpaired) electrons. The summed E-state index contributed by atoms with van der Waals surface area (Å²) in [5.41, 5.74) is 8.68. The Morgan fingerprint density at radius 3 is 2.94 bits per heavy atom. The standard InChI is InChI=1S/C14H21N3O/c1-10(15)5-4-8-17(3)12-6-7-13-14(9-12)18-11(2)16-13/h6-7,9-10H,4-5,8,15H2,1-3H3. The van der Waals surface area contributed by atoms with Crippen molar-refractivity contribution in [1.29, 1.82) is 0 Å². The third-order valence-electron chi connectivity index (χ3n) is 3.07. The Balaban J connectivity index is 2.05. The van der Waals surface area contributed by atoms with Crippen LogP contribution in [0.15, 0.2) is 22.6 Å². The lowest BCUT2D eigenvalue weighted by Crippen LogP contribution is -2.21. The molecule has 0 aliphatic heterocycles. The number of hydrogen-bond donors (Lipinski definition) is 1. The summed E-state index contributed by atoms with van der Waals surface area (Å²) in [5, 5.41) is 0. The predicted octanol–water partition coefficient (Wildman–Crippen LogP) is 2.70. The van der Waals surface area contributed by atoms with Gasteiger partial charge in [0, 0.05) is 38.3 Å². The second kappa shape index (κ2) is 5.40. The molecule has 1 unspecified atom stereocenters. The van der Waals surface area contributed by atoms with Gasteiger partial charge in [0.2, 0.25) is 0 Å². The fourth-order valence-corrected chi connectivity index (χ4v) is 2.05. The summed E-state index contributed by atoms with van der Waals surface area (Å²) in [6.45, 7) is 4.91. The second-order valence-electron chi connectivity index (χ2n) is 4.93. The van der Waals surface area contributed by atoms with Crippen molar-refractivity contribution in [2.24, 2.45) is 5.73 Å². The molecule has 2 N–H and O–H groups in total. The van der Waals surface area contributed by atoms with Crippen molar-refractivity contribution in [3.8, 4) is 0 Å². The molecule has 1 heterocycles. The Morgan fingerprint density at radius 2 is 2.22 bits per heavy atom. The highest BCUT2D eigenvalue weighted by molar-refractivity contribution is 5.77. The molecule has 4 heteroatoms. The summed E-state index contributed by atoms with van der Waals surface area (Å²) in [6, 6.07) is 6.40. The van der Waals surface area contributed by atoms with E-state index in [0.717, 1.165) is 36.2 Å². The zero-order valence-electron chi connectivity index (χ0n) is 11.3. The van der Waals surface area contributed by atoms with Crippen LogP contribution in [0, 0.1) is 6.92 Å². The van der Waals surface area contributed by atoms with Gasteiger partial charge in [-0.1, -0.05) is 0 Å². The molecule has 0 saturated heterocycles. The number of oxazole rings is 1. The Hall–Kier alpha value is -1.55. The van der Waals surface area contributed by atoms with Crippen molar-refractivity contribution in [1.82, 2.24) is 4.98 Å². The topological polar surface area (TPSA) is 55.3 Å². The summed E-state index contributed by atoms with van der Waals surface area (Å²) in [6.07, 6.45) is 2.15. The van der Waals surface area contributed by atoms with E-state index in [1.54, 1.807) is 0 Å². The molecule has 1 aromatic heterocycles. The SMILES string of the molecule is Cc1nc2ccc(N(C)CCCC(C)N)cc2o1. The lowest BCUT2D eigenvalue weighted by atomic mass is 10.2. The molecule has 2 rings (SSSR count). The maximum absolute atomic E-state index is 5.75. The van der Waals surface area contributed by atoms with Gasteiger partial charge in [-0.15, -0.1) is 0 Å². The first-order valence-electron chi connectivity index (χ1n) is 6.40. The Kier molecular flexibility index (Phi) is 3.87. The van der Waals surface area contributed by atoms with E-state index >= 15 is 0 Å². The van der Waals surface area contributed by atoms with Crippen molar-refractivity contribution in [2.75, 3.05) is 18.5 Å². The first-order valence-corrected chi connectivity index (χ1v) is 6.40. The van der Waals surface area contributed by atoms with Crippen LogP contribution in [0.1, 0.15) is 25.7 Å². The van der Waals surface area contributed by atoms with Gasteiger partial charge >= 0.3 is 0 Å². The van der Waals surface area contributed by atoms with Gasteiger partial charge in [0.25, 0.3) is 0 Å².